The lowest BCUT2D eigenvalue weighted by molar-refractivity contribution is 0.0731. The summed E-state index contributed by atoms with van der Waals surface area (Å²) in [5.41, 5.74) is 2.14. The molecule has 1 aliphatic heterocycles. The van der Waals surface area contributed by atoms with Crippen LogP contribution in [-0.2, 0) is 0 Å². The molecule has 0 saturated carbocycles. The Morgan fingerprint density at radius 2 is 1.87 bits per heavy atom. The number of hydrogen-bond donors (Lipinski definition) is 0. The first-order valence-corrected chi connectivity index (χ1v) is 9.53. The molecule has 5 nitrogen and oxygen atoms in total. The van der Waals surface area contributed by atoms with E-state index in [1.807, 2.05) is 6.07 Å². The van der Waals surface area contributed by atoms with Gasteiger partial charge in [-0.15, -0.1) is 0 Å². The third-order valence-corrected chi connectivity index (χ3v) is 4.86. The highest BCUT2D eigenvalue weighted by molar-refractivity contribution is 6.30. The van der Waals surface area contributed by atoms with Crippen molar-refractivity contribution in [3.05, 3.63) is 93.7 Å². The number of carbonyl (C=O) groups excluding carboxylic acids is 2. The largest absolute Gasteiger partial charge is 0.496 e. The minimum absolute atomic E-state index is 0.184. The van der Waals surface area contributed by atoms with Crippen LogP contribution in [0.4, 0.5) is 0 Å². The number of ether oxygens (including phenoxy) is 3. The number of ketones is 1. The number of para-hydroxylation sites is 1. The van der Waals surface area contributed by atoms with Crippen molar-refractivity contribution in [3.63, 3.8) is 0 Å². The van der Waals surface area contributed by atoms with Gasteiger partial charge in [0.15, 0.2) is 5.76 Å². The van der Waals surface area contributed by atoms with Crippen LogP contribution in [0.15, 0.2) is 66.4 Å². The Kier molecular flexibility index (Phi) is 5.29. The van der Waals surface area contributed by atoms with Crippen molar-refractivity contribution in [2.45, 2.75) is 6.92 Å². The van der Waals surface area contributed by atoms with E-state index in [4.69, 9.17) is 25.8 Å². The van der Waals surface area contributed by atoms with Gasteiger partial charge >= 0.3 is 5.97 Å². The van der Waals surface area contributed by atoms with Gasteiger partial charge in [-0.25, -0.2) is 4.79 Å². The van der Waals surface area contributed by atoms with E-state index in [0.29, 0.717) is 33.2 Å². The molecular formula is C24H17ClO5. The number of aryl methyl sites for hydroxylation is 1. The lowest BCUT2D eigenvalue weighted by atomic mass is 10.0. The van der Waals surface area contributed by atoms with Gasteiger partial charge in [-0.2, -0.15) is 0 Å². The summed E-state index contributed by atoms with van der Waals surface area (Å²) in [6, 6.07) is 17.1. The maximum Gasteiger partial charge on any atom is 0.347 e. The molecule has 4 rings (SSSR count). The molecule has 0 saturated heterocycles. The average Bonchev–Trinajstić information content (AvgIpc) is 3.03. The van der Waals surface area contributed by atoms with Gasteiger partial charge in [0.1, 0.15) is 22.8 Å². The van der Waals surface area contributed by atoms with Gasteiger partial charge in [0.2, 0.25) is 5.78 Å². The highest BCUT2D eigenvalue weighted by Crippen LogP contribution is 2.38. The van der Waals surface area contributed by atoms with Gasteiger partial charge in [-0.05, 0) is 54.5 Å². The highest BCUT2D eigenvalue weighted by Gasteiger charge is 2.30. The Bertz CT molecular complexity index is 1200. The quantitative estimate of drug-likeness (QED) is 0.317. The molecule has 150 valence electrons. The first-order chi connectivity index (χ1) is 14.5. The van der Waals surface area contributed by atoms with Gasteiger partial charge in [-0.1, -0.05) is 35.9 Å². The molecule has 3 aromatic rings. The number of Topliss-reactive ketones (excluding diaryl/α,β-unsaturated/α-hetero) is 1. The van der Waals surface area contributed by atoms with Crippen LogP contribution in [0.25, 0.3) is 6.08 Å². The average molecular weight is 421 g/mol. The number of carbonyl (C=O) groups is 2. The molecular weight excluding hydrogens is 404 g/mol. The molecule has 0 unspecified atom stereocenters. The fraction of sp³-hybridized carbons (Fsp3) is 0.0833. The molecule has 0 spiro atoms. The van der Waals surface area contributed by atoms with Crippen LogP contribution in [-0.4, -0.2) is 18.9 Å². The first kappa shape index (κ1) is 19.7. The van der Waals surface area contributed by atoms with Crippen molar-refractivity contribution in [2.75, 3.05) is 7.11 Å². The SMILES string of the molecule is COc1ccccc1C(=O)Oc1cc(C)c2c(c1)O/C(=C\c1cccc(Cl)c1)C2=O. The number of allylic oxidation sites excluding steroid dienone is 1. The topological polar surface area (TPSA) is 61.8 Å². The maximum atomic E-state index is 12.8. The summed E-state index contributed by atoms with van der Waals surface area (Å²) < 4.78 is 16.5. The van der Waals surface area contributed by atoms with Crippen molar-refractivity contribution in [1.82, 2.24) is 0 Å². The van der Waals surface area contributed by atoms with E-state index < -0.39 is 5.97 Å². The van der Waals surface area contributed by atoms with Crippen LogP contribution in [0.3, 0.4) is 0 Å². The molecule has 1 aliphatic rings. The second-order valence-corrected chi connectivity index (χ2v) is 7.13. The van der Waals surface area contributed by atoms with Crippen molar-refractivity contribution in [2.24, 2.45) is 0 Å². The Balaban J connectivity index is 1.62. The summed E-state index contributed by atoms with van der Waals surface area (Å²) in [5.74, 6) is 0.424. The number of halogens is 1. The molecule has 0 radical (unpaired) electrons. The van der Waals surface area contributed by atoms with Crippen molar-refractivity contribution < 1.29 is 23.8 Å². The van der Waals surface area contributed by atoms with E-state index in [0.717, 1.165) is 5.56 Å². The van der Waals surface area contributed by atoms with E-state index in [1.165, 1.54) is 13.2 Å². The van der Waals surface area contributed by atoms with Crippen molar-refractivity contribution >= 4 is 29.4 Å². The number of esters is 1. The molecule has 0 N–H and O–H groups in total. The first-order valence-electron chi connectivity index (χ1n) is 9.16. The number of fused-ring (bicyclic) bond motifs is 1. The zero-order chi connectivity index (χ0) is 21.3. The van der Waals surface area contributed by atoms with Gasteiger partial charge in [0.05, 0.1) is 12.7 Å². The lowest BCUT2D eigenvalue weighted by Gasteiger charge is -2.10. The molecule has 0 aliphatic carbocycles. The van der Waals surface area contributed by atoms with Crippen LogP contribution in [0.2, 0.25) is 5.02 Å². The summed E-state index contributed by atoms with van der Waals surface area (Å²) in [4.78, 5) is 25.4. The van der Waals surface area contributed by atoms with E-state index in [-0.39, 0.29) is 17.3 Å². The minimum Gasteiger partial charge on any atom is -0.496 e. The van der Waals surface area contributed by atoms with Gasteiger partial charge in [-0.3, -0.25) is 4.79 Å². The minimum atomic E-state index is -0.564. The molecule has 30 heavy (non-hydrogen) atoms. The zero-order valence-corrected chi connectivity index (χ0v) is 17.0. The van der Waals surface area contributed by atoms with E-state index in [2.05, 4.69) is 0 Å². The summed E-state index contributed by atoms with van der Waals surface area (Å²) in [5, 5.41) is 0.564. The number of rotatable bonds is 4. The highest BCUT2D eigenvalue weighted by atomic mass is 35.5. The standard InChI is InChI=1S/C24H17ClO5/c1-14-10-17(29-24(27)18-8-3-4-9-19(18)28-2)13-20-22(14)23(26)21(30-20)12-15-6-5-7-16(25)11-15/h3-13H,1-2H3/b21-12-. The fourth-order valence-corrected chi connectivity index (χ4v) is 3.46. The third kappa shape index (κ3) is 3.80. The van der Waals surface area contributed by atoms with Crippen LogP contribution < -0.4 is 14.2 Å². The Morgan fingerprint density at radius 3 is 2.63 bits per heavy atom. The molecule has 3 aromatic carbocycles. The van der Waals surface area contributed by atoms with Gasteiger partial charge < -0.3 is 14.2 Å². The van der Waals surface area contributed by atoms with Crippen LogP contribution in [0.5, 0.6) is 17.2 Å². The van der Waals surface area contributed by atoms with Gasteiger partial charge in [0.25, 0.3) is 0 Å². The number of methoxy groups -OCH3 is 1. The van der Waals surface area contributed by atoms with Crippen molar-refractivity contribution in [1.29, 1.82) is 0 Å². The fourth-order valence-electron chi connectivity index (χ4n) is 3.26. The molecule has 1 heterocycles. The number of benzene rings is 3. The summed E-state index contributed by atoms with van der Waals surface area (Å²) in [6.45, 7) is 1.77. The van der Waals surface area contributed by atoms with Crippen LogP contribution >= 0.6 is 11.6 Å². The monoisotopic (exact) mass is 420 g/mol. The van der Waals surface area contributed by atoms with Crippen LogP contribution in [0.1, 0.15) is 31.8 Å². The predicted octanol–water partition coefficient (Wildman–Crippen LogP) is 5.49. The summed E-state index contributed by atoms with van der Waals surface area (Å²) in [6.07, 6.45) is 1.63. The van der Waals surface area contributed by atoms with Crippen LogP contribution in [0, 0.1) is 6.92 Å². The summed E-state index contributed by atoms with van der Waals surface area (Å²) in [7, 11) is 1.49. The second kappa shape index (κ2) is 8.05. The molecule has 6 heteroatoms. The lowest BCUT2D eigenvalue weighted by Crippen LogP contribution is -2.10. The molecule has 0 bridgehead atoms. The normalized spacial score (nSPS) is 13.7. The Labute approximate surface area is 178 Å². The van der Waals surface area contributed by atoms with Crippen molar-refractivity contribution in [3.8, 4) is 17.2 Å². The smallest absolute Gasteiger partial charge is 0.347 e. The Morgan fingerprint density at radius 1 is 1.07 bits per heavy atom. The zero-order valence-electron chi connectivity index (χ0n) is 16.3. The summed E-state index contributed by atoms with van der Waals surface area (Å²) >= 11 is 6.01. The predicted molar refractivity (Wildman–Crippen MR) is 114 cm³/mol. The Hall–Kier alpha value is -3.57. The van der Waals surface area contributed by atoms with E-state index in [1.54, 1.807) is 61.5 Å². The molecule has 0 aromatic heterocycles. The van der Waals surface area contributed by atoms with E-state index >= 15 is 0 Å². The van der Waals surface area contributed by atoms with E-state index in [9.17, 15) is 9.59 Å². The van der Waals surface area contributed by atoms with Gasteiger partial charge in [0, 0.05) is 11.1 Å². The third-order valence-electron chi connectivity index (χ3n) is 4.63. The molecule has 0 atom stereocenters. The number of hydrogen-bond acceptors (Lipinski definition) is 5. The molecule has 0 amide bonds. The second-order valence-electron chi connectivity index (χ2n) is 6.70. The molecule has 0 fully saturated rings. The maximum absolute atomic E-state index is 12.8.